The molecule has 2 heterocycles. The Kier molecular flexibility index (Phi) is 4.67. The minimum Gasteiger partial charge on any atom is -0.324 e. The molecule has 0 aliphatic carbocycles. The van der Waals surface area contributed by atoms with Gasteiger partial charge in [-0.3, -0.25) is 14.2 Å². The lowest BCUT2D eigenvalue weighted by Gasteiger charge is -2.08. The predicted molar refractivity (Wildman–Crippen MR) is 108 cm³/mol. The van der Waals surface area contributed by atoms with Crippen LogP contribution in [0.1, 0.15) is 0 Å². The molecule has 0 atom stereocenters. The third kappa shape index (κ3) is 3.33. The highest BCUT2D eigenvalue weighted by Gasteiger charge is 2.15. The molecule has 0 saturated carbocycles. The maximum Gasteiger partial charge on any atom is 0.271 e. The van der Waals surface area contributed by atoms with Crippen LogP contribution in [-0.2, 0) is 11.3 Å². The van der Waals surface area contributed by atoms with Crippen LogP contribution in [0.15, 0.2) is 58.5 Å². The zero-order valence-electron chi connectivity index (χ0n) is 14.2. The van der Waals surface area contributed by atoms with Gasteiger partial charge in [0.15, 0.2) is 0 Å². The SMILES string of the molecule is CSc1cccc(NC(=O)Cn2cnc3c(sc4cccc(F)c43)c2=O)c1. The summed E-state index contributed by atoms with van der Waals surface area (Å²) in [6.45, 7) is -0.165. The van der Waals surface area contributed by atoms with Crippen LogP contribution >= 0.6 is 23.1 Å². The summed E-state index contributed by atoms with van der Waals surface area (Å²) in [6.07, 6.45) is 3.25. The van der Waals surface area contributed by atoms with Crippen LogP contribution < -0.4 is 10.9 Å². The minimum atomic E-state index is -0.408. The van der Waals surface area contributed by atoms with Crippen molar-refractivity contribution in [2.24, 2.45) is 0 Å². The Morgan fingerprint density at radius 1 is 1.30 bits per heavy atom. The van der Waals surface area contributed by atoms with Crippen molar-refractivity contribution in [3.05, 3.63) is 65.0 Å². The number of thioether (sulfide) groups is 1. The highest BCUT2D eigenvalue weighted by molar-refractivity contribution is 7.98. The molecule has 27 heavy (non-hydrogen) atoms. The Morgan fingerprint density at radius 3 is 2.93 bits per heavy atom. The van der Waals surface area contributed by atoms with Crippen molar-refractivity contribution in [2.45, 2.75) is 11.4 Å². The second kappa shape index (κ2) is 7.13. The highest BCUT2D eigenvalue weighted by Crippen LogP contribution is 2.31. The molecule has 0 radical (unpaired) electrons. The van der Waals surface area contributed by atoms with E-state index in [0.717, 1.165) is 4.90 Å². The van der Waals surface area contributed by atoms with Crippen LogP contribution in [0.2, 0.25) is 0 Å². The maximum atomic E-state index is 14.1. The van der Waals surface area contributed by atoms with E-state index >= 15 is 0 Å². The Balaban J connectivity index is 1.65. The first-order valence-corrected chi connectivity index (χ1v) is 10.1. The molecule has 2 aromatic heterocycles. The van der Waals surface area contributed by atoms with E-state index in [0.29, 0.717) is 26.0 Å². The van der Waals surface area contributed by atoms with Crippen LogP contribution in [0.3, 0.4) is 0 Å². The minimum absolute atomic E-state index is 0.165. The number of hydrogen-bond acceptors (Lipinski definition) is 5. The van der Waals surface area contributed by atoms with Crippen molar-refractivity contribution >= 4 is 55.0 Å². The predicted octanol–water partition coefficient (Wildman–Crippen LogP) is 4.11. The van der Waals surface area contributed by atoms with Crippen molar-refractivity contribution in [3.63, 3.8) is 0 Å². The standard InChI is InChI=1S/C19H14FN3O2S2/c1-26-12-5-2-4-11(8-12)22-15(24)9-23-10-21-17-16-13(20)6-3-7-14(16)27-18(17)19(23)25/h2-8,10H,9H2,1H3,(H,22,24). The van der Waals surface area contributed by atoms with E-state index in [9.17, 15) is 14.0 Å². The molecule has 0 fully saturated rings. The third-order valence-corrected chi connectivity index (χ3v) is 5.95. The number of hydrogen-bond donors (Lipinski definition) is 1. The molecule has 5 nitrogen and oxygen atoms in total. The molecule has 136 valence electrons. The second-order valence-electron chi connectivity index (χ2n) is 5.85. The molecule has 8 heteroatoms. The third-order valence-electron chi connectivity index (χ3n) is 4.09. The van der Waals surface area contributed by atoms with E-state index in [1.807, 2.05) is 24.5 Å². The molecule has 0 aliphatic heterocycles. The van der Waals surface area contributed by atoms with Crippen LogP contribution in [0.4, 0.5) is 10.1 Å². The fourth-order valence-electron chi connectivity index (χ4n) is 2.84. The smallest absolute Gasteiger partial charge is 0.271 e. The summed E-state index contributed by atoms with van der Waals surface area (Å²) in [5, 5.41) is 3.13. The summed E-state index contributed by atoms with van der Waals surface area (Å²) >= 11 is 2.76. The fourth-order valence-corrected chi connectivity index (χ4v) is 4.42. The van der Waals surface area contributed by atoms with Gasteiger partial charge in [0.2, 0.25) is 5.91 Å². The Bertz CT molecular complexity index is 1230. The number of benzene rings is 2. The van der Waals surface area contributed by atoms with Gasteiger partial charge in [0.05, 0.1) is 17.2 Å². The van der Waals surface area contributed by atoms with Gasteiger partial charge in [-0.25, -0.2) is 9.37 Å². The fraction of sp³-hybridized carbons (Fsp3) is 0.105. The second-order valence-corrected chi connectivity index (χ2v) is 7.78. The molecule has 0 aliphatic rings. The first kappa shape index (κ1) is 17.7. The van der Waals surface area contributed by atoms with E-state index in [1.54, 1.807) is 30.0 Å². The molecule has 4 aromatic rings. The molecule has 0 saturated heterocycles. The van der Waals surface area contributed by atoms with Gasteiger partial charge in [0.25, 0.3) is 5.56 Å². The lowest BCUT2D eigenvalue weighted by Crippen LogP contribution is -2.27. The zero-order valence-corrected chi connectivity index (χ0v) is 15.9. The quantitative estimate of drug-likeness (QED) is 0.525. The lowest BCUT2D eigenvalue weighted by molar-refractivity contribution is -0.116. The zero-order chi connectivity index (χ0) is 19.0. The van der Waals surface area contributed by atoms with Crippen molar-refractivity contribution < 1.29 is 9.18 Å². The monoisotopic (exact) mass is 399 g/mol. The molecule has 4 rings (SSSR count). The van der Waals surface area contributed by atoms with Crippen molar-refractivity contribution in [3.8, 4) is 0 Å². The van der Waals surface area contributed by atoms with E-state index in [4.69, 9.17) is 0 Å². The Hall–Kier alpha value is -2.71. The average Bonchev–Trinajstić information content (AvgIpc) is 3.05. The molecular formula is C19H14FN3O2S2. The van der Waals surface area contributed by atoms with Gasteiger partial charge in [-0.05, 0) is 36.6 Å². The summed E-state index contributed by atoms with van der Waals surface area (Å²) in [5.41, 5.74) is 0.647. The summed E-state index contributed by atoms with van der Waals surface area (Å²) < 4.78 is 16.3. The number of aromatic nitrogens is 2. The lowest BCUT2D eigenvalue weighted by atomic mass is 10.2. The largest absolute Gasteiger partial charge is 0.324 e. The highest BCUT2D eigenvalue weighted by atomic mass is 32.2. The van der Waals surface area contributed by atoms with Gasteiger partial charge in [-0.1, -0.05) is 12.1 Å². The van der Waals surface area contributed by atoms with Crippen molar-refractivity contribution in [2.75, 3.05) is 11.6 Å². The number of carbonyl (C=O) groups excluding carboxylic acids is 1. The Labute approximate surface area is 161 Å². The first-order valence-electron chi connectivity index (χ1n) is 8.07. The van der Waals surface area contributed by atoms with Crippen molar-refractivity contribution in [1.82, 2.24) is 9.55 Å². The summed E-state index contributed by atoms with van der Waals surface area (Å²) in [5.74, 6) is -0.737. The molecule has 0 bridgehead atoms. The van der Waals surface area contributed by atoms with Gasteiger partial charge in [0, 0.05) is 15.3 Å². The van der Waals surface area contributed by atoms with Crippen molar-refractivity contribution in [1.29, 1.82) is 0 Å². The number of amides is 1. The van der Waals surface area contributed by atoms with E-state index < -0.39 is 5.82 Å². The van der Waals surface area contributed by atoms with E-state index in [2.05, 4.69) is 10.3 Å². The number of fused-ring (bicyclic) bond motifs is 3. The molecule has 0 unspecified atom stereocenters. The topological polar surface area (TPSA) is 64.0 Å². The van der Waals surface area contributed by atoms with E-state index in [-0.39, 0.29) is 18.0 Å². The summed E-state index contributed by atoms with van der Waals surface area (Å²) in [7, 11) is 0. The number of carbonyl (C=O) groups is 1. The maximum absolute atomic E-state index is 14.1. The normalized spacial score (nSPS) is 11.2. The molecule has 1 N–H and O–H groups in total. The summed E-state index contributed by atoms with van der Waals surface area (Å²) in [4.78, 5) is 30.3. The van der Waals surface area contributed by atoms with Gasteiger partial charge in [-0.2, -0.15) is 0 Å². The Morgan fingerprint density at radius 2 is 2.11 bits per heavy atom. The van der Waals surface area contributed by atoms with Crippen LogP contribution in [0.25, 0.3) is 20.3 Å². The van der Waals surface area contributed by atoms with E-state index in [1.165, 1.54) is 28.3 Å². The summed E-state index contributed by atoms with van der Waals surface area (Å²) in [6, 6.07) is 12.1. The van der Waals surface area contributed by atoms with Crippen LogP contribution in [-0.4, -0.2) is 21.7 Å². The molecule has 0 spiro atoms. The van der Waals surface area contributed by atoms with Crippen LogP contribution in [0, 0.1) is 5.82 Å². The van der Waals surface area contributed by atoms with Gasteiger partial charge < -0.3 is 5.32 Å². The first-order chi connectivity index (χ1) is 13.1. The van der Waals surface area contributed by atoms with Crippen LogP contribution in [0.5, 0.6) is 0 Å². The number of halogens is 1. The number of nitrogens with one attached hydrogen (secondary N) is 1. The number of rotatable bonds is 4. The van der Waals surface area contributed by atoms with Gasteiger partial charge >= 0.3 is 0 Å². The molecule has 2 aromatic carbocycles. The number of thiophene rings is 1. The van der Waals surface area contributed by atoms with Gasteiger partial charge in [-0.15, -0.1) is 23.1 Å². The average molecular weight is 399 g/mol. The number of anilines is 1. The molecular weight excluding hydrogens is 385 g/mol. The number of nitrogens with zero attached hydrogens (tertiary/aromatic N) is 2. The molecule has 1 amide bonds. The van der Waals surface area contributed by atoms with Gasteiger partial charge in [0.1, 0.15) is 17.1 Å².